The molecular weight excluding hydrogens is 439 g/mol. The van der Waals surface area contributed by atoms with Crippen LogP contribution in [0.25, 0.3) is 0 Å². The third kappa shape index (κ3) is 4.64. The van der Waals surface area contributed by atoms with Crippen molar-refractivity contribution in [3.8, 4) is 0 Å². The molecule has 0 aromatic heterocycles. The second kappa shape index (κ2) is 8.40. The van der Waals surface area contributed by atoms with Crippen molar-refractivity contribution in [1.29, 1.82) is 0 Å². The molecule has 0 spiro atoms. The monoisotopic (exact) mass is 456 g/mol. The zero-order chi connectivity index (χ0) is 16.1. The van der Waals surface area contributed by atoms with Gasteiger partial charge in [-0.05, 0) is 17.2 Å². The van der Waals surface area contributed by atoms with Gasteiger partial charge in [0.15, 0.2) is 5.17 Å². The summed E-state index contributed by atoms with van der Waals surface area (Å²) in [5, 5.41) is 2.55. The van der Waals surface area contributed by atoms with E-state index in [0.29, 0.717) is 5.25 Å². The van der Waals surface area contributed by atoms with E-state index in [1.165, 1.54) is 5.56 Å². The van der Waals surface area contributed by atoms with Gasteiger partial charge in [0.2, 0.25) is 0 Å². The first kappa shape index (κ1) is 17.1. The van der Waals surface area contributed by atoms with Crippen LogP contribution in [0.2, 0.25) is 5.02 Å². The van der Waals surface area contributed by atoms with E-state index in [1.807, 2.05) is 30.0 Å². The van der Waals surface area contributed by atoms with Gasteiger partial charge >= 0.3 is 0 Å². The number of thioether (sulfide) groups is 1. The van der Waals surface area contributed by atoms with Crippen LogP contribution in [0.4, 0.5) is 0 Å². The van der Waals surface area contributed by atoms with Gasteiger partial charge < -0.3 is 4.90 Å². The summed E-state index contributed by atoms with van der Waals surface area (Å²) in [5.41, 5.74) is 2.44. The van der Waals surface area contributed by atoms with Crippen LogP contribution in [0, 0.1) is 0 Å². The van der Waals surface area contributed by atoms with E-state index in [2.05, 4.69) is 63.9 Å². The van der Waals surface area contributed by atoms with Crippen LogP contribution in [0.15, 0.2) is 59.6 Å². The molecule has 5 heteroatoms. The molecule has 1 atom stereocenters. The largest absolute Gasteiger partial charge is 0.343 e. The summed E-state index contributed by atoms with van der Waals surface area (Å²) in [6.45, 7) is 2.55. The molecule has 0 saturated heterocycles. The smallest absolute Gasteiger partial charge is 0.160 e. The molecule has 0 saturated carbocycles. The minimum atomic E-state index is 0.593. The summed E-state index contributed by atoms with van der Waals surface area (Å²) in [5.74, 6) is 0. The first-order valence-corrected chi connectivity index (χ1v) is 10.3. The summed E-state index contributed by atoms with van der Waals surface area (Å²) in [6.07, 6.45) is 0. The molecule has 120 valence electrons. The molecule has 2 aromatic carbocycles. The number of nitrogens with zero attached hydrogens (tertiary/aromatic N) is 2. The maximum absolute atomic E-state index is 6.36. The van der Waals surface area contributed by atoms with Gasteiger partial charge in [0.05, 0.1) is 6.54 Å². The Morgan fingerprint density at radius 2 is 1.83 bits per heavy atom. The minimum absolute atomic E-state index is 0.593. The van der Waals surface area contributed by atoms with E-state index in [1.54, 1.807) is 0 Å². The predicted octanol–water partition coefficient (Wildman–Crippen LogP) is 5.25. The van der Waals surface area contributed by atoms with Crippen molar-refractivity contribution in [2.24, 2.45) is 4.99 Å². The highest BCUT2D eigenvalue weighted by atomic mass is 127. The van der Waals surface area contributed by atoms with Crippen molar-refractivity contribution in [2.45, 2.75) is 18.3 Å². The SMILES string of the molecule is Clc1ccccc1CN(Cc1ccccc1)C1=NC[C@H](CI)S1. The topological polar surface area (TPSA) is 15.6 Å². The van der Waals surface area contributed by atoms with E-state index >= 15 is 0 Å². The Bertz CT molecular complexity index is 678. The molecule has 1 aliphatic rings. The third-order valence-corrected chi connectivity index (χ3v) is 6.96. The van der Waals surface area contributed by atoms with Gasteiger partial charge in [0, 0.05) is 27.8 Å². The minimum Gasteiger partial charge on any atom is -0.343 e. The van der Waals surface area contributed by atoms with Gasteiger partial charge in [0.25, 0.3) is 0 Å². The van der Waals surface area contributed by atoms with Crippen molar-refractivity contribution in [3.05, 3.63) is 70.7 Å². The maximum Gasteiger partial charge on any atom is 0.160 e. The summed E-state index contributed by atoms with van der Waals surface area (Å²) in [6, 6.07) is 18.6. The van der Waals surface area contributed by atoms with Crippen molar-refractivity contribution >= 4 is 51.1 Å². The molecule has 2 nitrogen and oxygen atoms in total. The second-order valence-corrected chi connectivity index (χ2v) is 8.01. The van der Waals surface area contributed by atoms with Crippen LogP contribution < -0.4 is 0 Å². The number of hydrogen-bond donors (Lipinski definition) is 0. The standard InChI is InChI=1S/C18H18ClIN2S/c19-17-9-5-4-8-15(17)13-22(12-14-6-2-1-3-7-14)18-21-11-16(10-20)23-18/h1-9,16H,10-13H2/t16-/m0/s1. The van der Waals surface area contributed by atoms with Crippen LogP contribution in [0.5, 0.6) is 0 Å². The Balaban J connectivity index is 1.80. The molecule has 0 radical (unpaired) electrons. The van der Waals surface area contributed by atoms with Crippen molar-refractivity contribution in [2.75, 3.05) is 11.0 Å². The number of halogens is 2. The fourth-order valence-electron chi connectivity index (χ4n) is 2.49. The summed E-state index contributed by atoms with van der Waals surface area (Å²) in [4.78, 5) is 7.11. The Morgan fingerprint density at radius 1 is 1.09 bits per heavy atom. The van der Waals surface area contributed by atoms with E-state index in [9.17, 15) is 0 Å². The predicted molar refractivity (Wildman–Crippen MR) is 110 cm³/mol. The van der Waals surface area contributed by atoms with E-state index < -0.39 is 0 Å². The van der Waals surface area contributed by atoms with Crippen molar-refractivity contribution < 1.29 is 0 Å². The van der Waals surface area contributed by atoms with Crippen LogP contribution in [-0.4, -0.2) is 26.3 Å². The number of alkyl halides is 1. The van der Waals surface area contributed by atoms with E-state index in [0.717, 1.165) is 39.8 Å². The number of hydrogen-bond acceptors (Lipinski definition) is 3. The molecule has 0 unspecified atom stereocenters. The molecule has 1 aliphatic heterocycles. The van der Waals surface area contributed by atoms with Crippen LogP contribution in [0.1, 0.15) is 11.1 Å². The Labute approximate surface area is 160 Å². The number of amidine groups is 1. The van der Waals surface area contributed by atoms with Gasteiger partial charge in [-0.3, -0.25) is 4.99 Å². The lowest BCUT2D eigenvalue weighted by atomic mass is 10.2. The average Bonchev–Trinajstić information content (AvgIpc) is 3.06. The fourth-order valence-corrected chi connectivity index (χ4v) is 4.44. The highest BCUT2D eigenvalue weighted by Gasteiger charge is 2.23. The molecular formula is C18H18ClIN2S. The quantitative estimate of drug-likeness (QED) is 0.451. The van der Waals surface area contributed by atoms with Gasteiger partial charge in [0.1, 0.15) is 0 Å². The molecule has 0 fully saturated rings. The van der Waals surface area contributed by atoms with Crippen molar-refractivity contribution in [1.82, 2.24) is 4.90 Å². The molecule has 0 bridgehead atoms. The zero-order valence-corrected chi connectivity index (χ0v) is 16.4. The van der Waals surface area contributed by atoms with Crippen LogP contribution in [-0.2, 0) is 13.1 Å². The lowest BCUT2D eigenvalue weighted by Crippen LogP contribution is -2.27. The highest BCUT2D eigenvalue weighted by molar-refractivity contribution is 14.1. The first-order chi connectivity index (χ1) is 11.3. The molecule has 0 N–H and O–H groups in total. The van der Waals surface area contributed by atoms with Crippen molar-refractivity contribution in [3.63, 3.8) is 0 Å². The molecule has 23 heavy (non-hydrogen) atoms. The maximum atomic E-state index is 6.36. The summed E-state index contributed by atoms with van der Waals surface area (Å²) in [7, 11) is 0. The number of aliphatic imine (C=N–C) groups is 1. The molecule has 3 rings (SSSR count). The third-order valence-electron chi connectivity index (χ3n) is 3.68. The summed E-state index contributed by atoms with van der Waals surface area (Å²) < 4.78 is 1.13. The molecule has 0 amide bonds. The van der Waals surface area contributed by atoms with Gasteiger partial charge in [-0.1, -0.05) is 94.5 Å². The first-order valence-electron chi connectivity index (χ1n) is 7.55. The number of benzene rings is 2. The molecule has 0 aliphatic carbocycles. The van der Waals surface area contributed by atoms with Gasteiger partial charge in [-0.2, -0.15) is 0 Å². The van der Waals surface area contributed by atoms with E-state index in [4.69, 9.17) is 16.6 Å². The average molecular weight is 457 g/mol. The molecule has 2 aromatic rings. The van der Waals surface area contributed by atoms with Crippen LogP contribution >= 0.6 is 46.0 Å². The summed E-state index contributed by atoms with van der Waals surface area (Å²) >= 11 is 10.7. The van der Waals surface area contributed by atoms with Crippen LogP contribution in [0.3, 0.4) is 0 Å². The Morgan fingerprint density at radius 3 is 2.52 bits per heavy atom. The second-order valence-electron chi connectivity index (χ2n) is 5.45. The number of rotatable bonds is 5. The Hall–Kier alpha value is -0.720. The lowest BCUT2D eigenvalue weighted by Gasteiger charge is -2.25. The normalized spacial score (nSPS) is 17.1. The highest BCUT2D eigenvalue weighted by Crippen LogP contribution is 2.28. The van der Waals surface area contributed by atoms with Gasteiger partial charge in [-0.15, -0.1) is 0 Å². The zero-order valence-electron chi connectivity index (χ0n) is 12.7. The lowest BCUT2D eigenvalue weighted by molar-refractivity contribution is 0.414. The van der Waals surface area contributed by atoms with Gasteiger partial charge in [-0.25, -0.2) is 0 Å². The van der Waals surface area contributed by atoms with E-state index in [-0.39, 0.29) is 0 Å². The Kier molecular flexibility index (Phi) is 6.25. The fraction of sp³-hybridized carbons (Fsp3) is 0.278. The molecule has 1 heterocycles.